The average molecular weight is 482 g/mol. The van der Waals surface area contributed by atoms with Crippen LogP contribution in [0.1, 0.15) is 49.8 Å². The molecule has 1 saturated carbocycles. The number of rotatable bonds is 4. The molecule has 35 heavy (non-hydrogen) atoms. The molecule has 5 heterocycles. The summed E-state index contributed by atoms with van der Waals surface area (Å²) in [6, 6.07) is 2.97. The number of hydrogen-bond acceptors (Lipinski definition) is 6. The van der Waals surface area contributed by atoms with Crippen LogP contribution < -0.4 is 10.6 Å². The molecule has 0 unspecified atom stereocenters. The van der Waals surface area contributed by atoms with Crippen LogP contribution in [0.3, 0.4) is 0 Å². The minimum Gasteiger partial charge on any atom is -0.366 e. The van der Waals surface area contributed by atoms with Gasteiger partial charge in [-0.2, -0.15) is 13.2 Å². The molecule has 4 aromatic rings. The summed E-state index contributed by atoms with van der Waals surface area (Å²) in [4.78, 5) is 20.7. The number of halogens is 3. The van der Waals surface area contributed by atoms with Gasteiger partial charge in [-0.15, -0.1) is 0 Å². The molecule has 2 fully saturated rings. The second kappa shape index (κ2) is 8.44. The van der Waals surface area contributed by atoms with Gasteiger partial charge in [0.1, 0.15) is 17.2 Å². The number of alkyl halides is 3. The highest BCUT2D eigenvalue weighted by molar-refractivity contribution is 5.97. The van der Waals surface area contributed by atoms with Crippen molar-refractivity contribution in [2.45, 2.75) is 50.7 Å². The van der Waals surface area contributed by atoms with Crippen LogP contribution in [0.15, 0.2) is 30.7 Å². The molecule has 0 amide bonds. The van der Waals surface area contributed by atoms with Gasteiger partial charge in [-0.05, 0) is 61.9 Å². The predicted molar refractivity (Wildman–Crippen MR) is 128 cm³/mol. The molecule has 1 aliphatic carbocycles. The molecule has 3 N–H and O–H groups in total. The van der Waals surface area contributed by atoms with Gasteiger partial charge in [0.25, 0.3) is 0 Å². The van der Waals surface area contributed by atoms with Crippen molar-refractivity contribution in [1.82, 2.24) is 30.2 Å². The maximum Gasteiger partial charge on any atom is 0.431 e. The van der Waals surface area contributed by atoms with Gasteiger partial charge in [-0.25, -0.2) is 15.0 Å². The standard InChI is InChI=1S/C25H26F3N7/c1-13-10-29-7-6-18(13)32-24-21-17(14-3-2-4-14)11-30-12-19(21)33-23(35-24)15-5-8-31-22-16(15)9-20(34-22)25(26,27)28/h5,8-9,11-14,18,29H,2-4,6-7,10H2,1H3,(H,31,34)(H,32,33,35)/t13-,18-/m0/s1. The van der Waals surface area contributed by atoms with Crippen LogP contribution in [-0.4, -0.2) is 44.1 Å². The fourth-order valence-corrected chi connectivity index (χ4v) is 5.14. The monoisotopic (exact) mass is 481 g/mol. The van der Waals surface area contributed by atoms with E-state index in [1.54, 1.807) is 12.3 Å². The van der Waals surface area contributed by atoms with Gasteiger partial charge in [0.2, 0.25) is 0 Å². The van der Waals surface area contributed by atoms with Gasteiger partial charge >= 0.3 is 6.18 Å². The Labute approximate surface area is 200 Å². The lowest BCUT2D eigenvalue weighted by atomic mass is 9.79. The molecule has 0 spiro atoms. The van der Waals surface area contributed by atoms with Gasteiger partial charge in [0.15, 0.2) is 5.82 Å². The zero-order valence-corrected chi connectivity index (χ0v) is 19.3. The van der Waals surface area contributed by atoms with E-state index in [2.05, 4.69) is 32.5 Å². The maximum absolute atomic E-state index is 13.4. The molecule has 10 heteroatoms. The van der Waals surface area contributed by atoms with Crippen LogP contribution in [0.25, 0.3) is 33.3 Å². The number of hydrogen-bond donors (Lipinski definition) is 3. The van der Waals surface area contributed by atoms with E-state index in [0.29, 0.717) is 34.1 Å². The number of anilines is 1. The van der Waals surface area contributed by atoms with Crippen LogP contribution in [-0.2, 0) is 6.18 Å². The van der Waals surface area contributed by atoms with Gasteiger partial charge in [0, 0.05) is 34.8 Å². The molecule has 2 atom stereocenters. The molecular weight excluding hydrogens is 455 g/mol. The Bertz CT molecular complexity index is 1390. The number of pyridine rings is 2. The summed E-state index contributed by atoms with van der Waals surface area (Å²) >= 11 is 0. The van der Waals surface area contributed by atoms with E-state index in [1.165, 1.54) is 12.6 Å². The summed E-state index contributed by atoms with van der Waals surface area (Å²) in [5.41, 5.74) is 1.65. The third-order valence-electron chi connectivity index (χ3n) is 7.37. The van der Waals surface area contributed by atoms with Crippen LogP contribution >= 0.6 is 0 Å². The normalized spacial score (nSPS) is 21.4. The second-order valence-electron chi connectivity index (χ2n) is 9.67. The molecule has 1 aliphatic heterocycles. The summed E-state index contributed by atoms with van der Waals surface area (Å²) in [6.45, 7) is 4.04. The lowest BCUT2D eigenvalue weighted by Gasteiger charge is -2.32. The van der Waals surface area contributed by atoms with Crippen molar-refractivity contribution in [2.75, 3.05) is 18.4 Å². The van der Waals surface area contributed by atoms with Gasteiger partial charge in [-0.3, -0.25) is 4.98 Å². The number of piperidine rings is 1. The Morgan fingerprint density at radius 3 is 2.71 bits per heavy atom. The number of nitrogens with zero attached hydrogens (tertiary/aromatic N) is 4. The third kappa shape index (κ3) is 3.99. The topological polar surface area (TPSA) is 91.4 Å². The minimum absolute atomic E-state index is 0.154. The molecular formula is C25H26F3N7. The Morgan fingerprint density at radius 1 is 1.11 bits per heavy atom. The highest BCUT2D eigenvalue weighted by Gasteiger charge is 2.33. The minimum atomic E-state index is -4.50. The van der Waals surface area contributed by atoms with Crippen molar-refractivity contribution >= 4 is 27.8 Å². The largest absolute Gasteiger partial charge is 0.431 e. The fraction of sp³-hybridized carbons (Fsp3) is 0.440. The van der Waals surface area contributed by atoms with Crippen LogP contribution in [0.5, 0.6) is 0 Å². The van der Waals surface area contributed by atoms with E-state index >= 15 is 0 Å². The second-order valence-corrected chi connectivity index (χ2v) is 9.67. The lowest BCUT2D eigenvalue weighted by molar-refractivity contribution is -0.140. The molecule has 182 valence electrons. The van der Waals surface area contributed by atoms with E-state index in [4.69, 9.17) is 9.97 Å². The molecule has 0 radical (unpaired) electrons. The SMILES string of the molecule is C[C@H]1CNCC[C@@H]1Nc1nc(-c2ccnc3[nH]c(C(F)(F)F)cc23)nc2cncc(C3CCC3)c12. The molecule has 6 rings (SSSR count). The molecule has 0 bridgehead atoms. The molecule has 7 nitrogen and oxygen atoms in total. The van der Waals surface area contributed by atoms with E-state index in [1.807, 2.05) is 6.20 Å². The summed E-state index contributed by atoms with van der Waals surface area (Å²) in [5.74, 6) is 1.91. The zero-order valence-electron chi connectivity index (χ0n) is 19.3. The van der Waals surface area contributed by atoms with Crippen molar-refractivity contribution in [1.29, 1.82) is 0 Å². The van der Waals surface area contributed by atoms with E-state index in [-0.39, 0.29) is 11.7 Å². The van der Waals surface area contributed by atoms with Crippen LogP contribution in [0.4, 0.5) is 19.0 Å². The summed E-state index contributed by atoms with van der Waals surface area (Å²) in [7, 11) is 0. The van der Waals surface area contributed by atoms with Crippen LogP contribution in [0, 0.1) is 5.92 Å². The highest BCUT2D eigenvalue weighted by atomic mass is 19.4. The Balaban J connectivity index is 1.53. The number of fused-ring (bicyclic) bond motifs is 2. The van der Waals surface area contributed by atoms with Crippen molar-refractivity contribution < 1.29 is 13.2 Å². The van der Waals surface area contributed by atoms with E-state index < -0.39 is 11.9 Å². The number of H-pyrrole nitrogens is 1. The molecule has 2 aliphatic rings. The van der Waals surface area contributed by atoms with E-state index in [0.717, 1.165) is 55.2 Å². The number of aromatic amines is 1. The predicted octanol–water partition coefficient (Wildman–Crippen LogP) is 5.26. The Kier molecular flexibility index (Phi) is 5.36. The maximum atomic E-state index is 13.4. The van der Waals surface area contributed by atoms with Gasteiger partial charge in [-0.1, -0.05) is 13.3 Å². The van der Waals surface area contributed by atoms with Crippen molar-refractivity contribution in [2.24, 2.45) is 5.92 Å². The smallest absolute Gasteiger partial charge is 0.366 e. The Morgan fingerprint density at radius 2 is 1.97 bits per heavy atom. The first-order valence-corrected chi connectivity index (χ1v) is 12.1. The molecule has 0 aromatic carbocycles. The molecule has 4 aromatic heterocycles. The first-order chi connectivity index (χ1) is 16.9. The number of aromatic nitrogens is 5. The van der Waals surface area contributed by atoms with Crippen LogP contribution in [0.2, 0.25) is 0 Å². The first-order valence-electron chi connectivity index (χ1n) is 12.1. The summed E-state index contributed by atoms with van der Waals surface area (Å²) < 4.78 is 40.1. The highest BCUT2D eigenvalue weighted by Crippen LogP contribution is 2.42. The zero-order chi connectivity index (χ0) is 24.2. The van der Waals surface area contributed by atoms with Crippen molar-refractivity contribution in [3.05, 3.63) is 42.0 Å². The quantitative estimate of drug-likeness (QED) is 0.368. The fourth-order valence-electron chi connectivity index (χ4n) is 5.14. The summed E-state index contributed by atoms with van der Waals surface area (Å²) in [6.07, 6.45) is 4.99. The number of nitrogens with one attached hydrogen (secondary N) is 3. The van der Waals surface area contributed by atoms with Gasteiger partial charge in [0.05, 0.1) is 11.7 Å². The lowest BCUT2D eigenvalue weighted by Crippen LogP contribution is -2.42. The van der Waals surface area contributed by atoms with Gasteiger partial charge < -0.3 is 15.6 Å². The van der Waals surface area contributed by atoms with Crippen molar-refractivity contribution in [3.8, 4) is 11.4 Å². The molecule has 1 saturated heterocycles. The Hall–Kier alpha value is -3.27. The van der Waals surface area contributed by atoms with E-state index in [9.17, 15) is 13.2 Å². The third-order valence-corrected chi connectivity index (χ3v) is 7.37. The van der Waals surface area contributed by atoms with Crippen molar-refractivity contribution in [3.63, 3.8) is 0 Å². The first kappa shape index (κ1) is 22.2. The summed E-state index contributed by atoms with van der Waals surface area (Å²) in [5, 5.41) is 8.41. The average Bonchev–Trinajstić information content (AvgIpc) is 3.25.